The highest BCUT2D eigenvalue weighted by Crippen LogP contribution is 2.26. The van der Waals surface area contributed by atoms with Crippen molar-refractivity contribution in [2.24, 2.45) is 5.92 Å². The molecule has 1 aliphatic rings. The van der Waals surface area contributed by atoms with Crippen LogP contribution < -0.4 is 5.32 Å². The van der Waals surface area contributed by atoms with Gasteiger partial charge >= 0.3 is 0 Å². The van der Waals surface area contributed by atoms with Gasteiger partial charge < -0.3 is 5.32 Å². The number of nitrogens with one attached hydrogen (secondary N) is 1. The SMILES string of the molecule is CCNC1CCCCC(CCSC)C1. The van der Waals surface area contributed by atoms with E-state index in [1.165, 1.54) is 44.3 Å². The van der Waals surface area contributed by atoms with Crippen molar-refractivity contribution in [1.29, 1.82) is 0 Å². The lowest BCUT2D eigenvalue weighted by atomic mass is 9.95. The molecule has 2 heteroatoms. The number of hydrogen-bond acceptors (Lipinski definition) is 2. The highest BCUT2D eigenvalue weighted by atomic mass is 32.2. The van der Waals surface area contributed by atoms with E-state index in [0.29, 0.717) is 0 Å². The van der Waals surface area contributed by atoms with Crippen LogP contribution in [0.3, 0.4) is 0 Å². The molecule has 1 fully saturated rings. The van der Waals surface area contributed by atoms with Gasteiger partial charge in [0, 0.05) is 6.04 Å². The van der Waals surface area contributed by atoms with Gasteiger partial charge in [-0.15, -0.1) is 0 Å². The first-order valence-corrected chi connectivity index (χ1v) is 7.48. The Morgan fingerprint density at radius 1 is 1.29 bits per heavy atom. The van der Waals surface area contributed by atoms with E-state index in [4.69, 9.17) is 0 Å². The first-order valence-electron chi connectivity index (χ1n) is 6.09. The molecule has 1 rings (SSSR count). The van der Waals surface area contributed by atoms with E-state index in [1.54, 1.807) is 0 Å². The monoisotopic (exact) mass is 215 g/mol. The molecule has 0 aromatic rings. The second-order valence-corrected chi connectivity index (χ2v) is 5.41. The second-order valence-electron chi connectivity index (χ2n) is 4.42. The molecular formula is C12H25NS. The van der Waals surface area contributed by atoms with E-state index in [1.807, 2.05) is 11.8 Å². The van der Waals surface area contributed by atoms with Crippen LogP contribution in [-0.2, 0) is 0 Å². The topological polar surface area (TPSA) is 12.0 Å². The van der Waals surface area contributed by atoms with Gasteiger partial charge in [-0.2, -0.15) is 11.8 Å². The van der Waals surface area contributed by atoms with Gasteiger partial charge in [-0.3, -0.25) is 0 Å². The van der Waals surface area contributed by atoms with Crippen LogP contribution in [0.15, 0.2) is 0 Å². The van der Waals surface area contributed by atoms with Gasteiger partial charge in [0.25, 0.3) is 0 Å². The van der Waals surface area contributed by atoms with Crippen LogP contribution in [0, 0.1) is 5.92 Å². The van der Waals surface area contributed by atoms with Crippen LogP contribution in [-0.4, -0.2) is 24.6 Å². The summed E-state index contributed by atoms with van der Waals surface area (Å²) >= 11 is 2.00. The number of thioether (sulfide) groups is 1. The molecule has 1 saturated carbocycles. The highest BCUT2D eigenvalue weighted by molar-refractivity contribution is 7.98. The summed E-state index contributed by atoms with van der Waals surface area (Å²) in [7, 11) is 0. The first kappa shape index (κ1) is 12.4. The second kappa shape index (κ2) is 7.58. The molecule has 1 N–H and O–H groups in total. The molecule has 0 spiro atoms. The largest absolute Gasteiger partial charge is 0.314 e. The quantitative estimate of drug-likeness (QED) is 0.706. The third-order valence-electron chi connectivity index (χ3n) is 3.26. The Labute approximate surface area is 93.4 Å². The number of rotatable bonds is 5. The summed E-state index contributed by atoms with van der Waals surface area (Å²) < 4.78 is 0. The van der Waals surface area contributed by atoms with Gasteiger partial charge in [-0.05, 0) is 43.7 Å². The Bertz CT molecular complexity index is 138. The zero-order valence-corrected chi connectivity index (χ0v) is 10.5. The highest BCUT2D eigenvalue weighted by Gasteiger charge is 2.18. The molecule has 0 aromatic carbocycles. The van der Waals surface area contributed by atoms with Gasteiger partial charge in [0.15, 0.2) is 0 Å². The molecular weight excluding hydrogens is 190 g/mol. The van der Waals surface area contributed by atoms with Crippen LogP contribution in [0.5, 0.6) is 0 Å². The molecule has 1 nitrogen and oxygen atoms in total. The molecule has 0 heterocycles. The third-order valence-corrected chi connectivity index (χ3v) is 3.90. The average molecular weight is 215 g/mol. The zero-order valence-electron chi connectivity index (χ0n) is 9.72. The molecule has 0 saturated heterocycles. The molecule has 0 radical (unpaired) electrons. The predicted molar refractivity (Wildman–Crippen MR) is 67.0 cm³/mol. The van der Waals surface area contributed by atoms with Gasteiger partial charge in [-0.1, -0.05) is 26.2 Å². The maximum atomic E-state index is 3.62. The summed E-state index contributed by atoms with van der Waals surface area (Å²) in [4.78, 5) is 0. The third kappa shape index (κ3) is 4.70. The Morgan fingerprint density at radius 2 is 2.07 bits per heavy atom. The molecule has 84 valence electrons. The van der Waals surface area contributed by atoms with Crippen molar-refractivity contribution in [2.45, 2.75) is 51.5 Å². The van der Waals surface area contributed by atoms with Gasteiger partial charge in [0.2, 0.25) is 0 Å². The lowest BCUT2D eigenvalue weighted by Crippen LogP contribution is -2.29. The summed E-state index contributed by atoms with van der Waals surface area (Å²) in [5, 5.41) is 3.62. The summed E-state index contributed by atoms with van der Waals surface area (Å²) in [6, 6.07) is 0.814. The zero-order chi connectivity index (χ0) is 10.2. The fourth-order valence-electron chi connectivity index (χ4n) is 2.48. The van der Waals surface area contributed by atoms with Crippen molar-refractivity contribution in [2.75, 3.05) is 18.6 Å². The molecule has 14 heavy (non-hydrogen) atoms. The molecule has 0 amide bonds. The van der Waals surface area contributed by atoms with Crippen molar-refractivity contribution in [1.82, 2.24) is 5.32 Å². The Hall–Kier alpha value is 0.310. The summed E-state index contributed by atoms with van der Waals surface area (Å²) in [6.45, 7) is 3.36. The standard InChI is InChI=1S/C12H25NS/c1-3-13-12-7-5-4-6-11(10-12)8-9-14-2/h11-13H,3-10H2,1-2H3. The molecule has 0 aromatic heterocycles. The lowest BCUT2D eigenvalue weighted by Gasteiger charge is -2.20. The van der Waals surface area contributed by atoms with Crippen LogP contribution in [0.1, 0.15) is 45.4 Å². The molecule has 2 atom stereocenters. The lowest BCUT2D eigenvalue weighted by molar-refractivity contribution is 0.384. The van der Waals surface area contributed by atoms with Crippen LogP contribution >= 0.6 is 11.8 Å². The van der Waals surface area contributed by atoms with E-state index in [0.717, 1.165) is 18.5 Å². The van der Waals surface area contributed by atoms with Gasteiger partial charge in [0.05, 0.1) is 0 Å². The van der Waals surface area contributed by atoms with Crippen molar-refractivity contribution in [3.63, 3.8) is 0 Å². The minimum absolute atomic E-state index is 0.814. The maximum Gasteiger partial charge on any atom is 0.00695 e. The van der Waals surface area contributed by atoms with E-state index in [2.05, 4.69) is 18.5 Å². The van der Waals surface area contributed by atoms with E-state index >= 15 is 0 Å². The van der Waals surface area contributed by atoms with Crippen molar-refractivity contribution < 1.29 is 0 Å². The van der Waals surface area contributed by atoms with Crippen LogP contribution in [0.4, 0.5) is 0 Å². The molecule has 0 bridgehead atoms. The number of hydrogen-bond donors (Lipinski definition) is 1. The summed E-state index contributed by atoms with van der Waals surface area (Å²) in [6.07, 6.45) is 10.9. The molecule has 0 aliphatic heterocycles. The fourth-order valence-corrected chi connectivity index (χ4v) is 3.05. The molecule has 2 unspecified atom stereocenters. The fraction of sp³-hybridized carbons (Fsp3) is 1.00. The van der Waals surface area contributed by atoms with Crippen LogP contribution in [0.2, 0.25) is 0 Å². The minimum Gasteiger partial charge on any atom is -0.314 e. The van der Waals surface area contributed by atoms with Crippen molar-refractivity contribution in [3.05, 3.63) is 0 Å². The average Bonchev–Trinajstić information content (AvgIpc) is 2.41. The summed E-state index contributed by atoms with van der Waals surface area (Å²) in [5.74, 6) is 2.35. The predicted octanol–water partition coefficient (Wildman–Crippen LogP) is 3.30. The maximum absolute atomic E-state index is 3.62. The van der Waals surface area contributed by atoms with Crippen molar-refractivity contribution >= 4 is 11.8 Å². The normalized spacial score (nSPS) is 28.7. The van der Waals surface area contributed by atoms with Gasteiger partial charge in [-0.25, -0.2) is 0 Å². The van der Waals surface area contributed by atoms with E-state index in [-0.39, 0.29) is 0 Å². The Balaban J connectivity index is 2.27. The summed E-state index contributed by atoms with van der Waals surface area (Å²) in [5.41, 5.74) is 0. The van der Waals surface area contributed by atoms with E-state index < -0.39 is 0 Å². The molecule has 1 aliphatic carbocycles. The van der Waals surface area contributed by atoms with Gasteiger partial charge in [0.1, 0.15) is 0 Å². The van der Waals surface area contributed by atoms with Crippen molar-refractivity contribution in [3.8, 4) is 0 Å². The first-order chi connectivity index (χ1) is 6.86. The van der Waals surface area contributed by atoms with Crippen LogP contribution in [0.25, 0.3) is 0 Å². The van der Waals surface area contributed by atoms with E-state index in [9.17, 15) is 0 Å². The smallest absolute Gasteiger partial charge is 0.00695 e. The Kier molecular flexibility index (Phi) is 6.70. The Morgan fingerprint density at radius 3 is 2.79 bits per heavy atom. The minimum atomic E-state index is 0.814.